The predicted octanol–water partition coefficient (Wildman–Crippen LogP) is 2.24. The quantitative estimate of drug-likeness (QED) is 0.432. The van der Waals surface area contributed by atoms with Gasteiger partial charge in [-0.2, -0.15) is 0 Å². The van der Waals surface area contributed by atoms with Gasteiger partial charge in [0.15, 0.2) is 0 Å². The average molecular weight is 236 g/mol. The van der Waals surface area contributed by atoms with Crippen LogP contribution in [0.5, 0.6) is 0 Å². The van der Waals surface area contributed by atoms with E-state index in [-0.39, 0.29) is 24.8 Å². The third-order valence-corrected chi connectivity index (χ3v) is 2.39. The number of hydrogen-bond donors (Lipinski definition) is 0. The van der Waals surface area contributed by atoms with Crippen molar-refractivity contribution in [2.75, 3.05) is 0 Å². The largest absolute Gasteiger partial charge is 0.428 e. The summed E-state index contributed by atoms with van der Waals surface area (Å²) < 4.78 is 9.37. The molecule has 0 saturated carbocycles. The van der Waals surface area contributed by atoms with Crippen LogP contribution >= 0.6 is 0 Å². The van der Waals surface area contributed by atoms with Crippen LogP contribution in [0.3, 0.4) is 0 Å². The average Bonchev–Trinajstić information content (AvgIpc) is 2.30. The second-order valence-corrected chi connectivity index (χ2v) is 3.81. The molecule has 0 saturated heterocycles. The van der Waals surface area contributed by atoms with Crippen LogP contribution in [-0.2, 0) is 19.1 Å². The Balaban J connectivity index is 2.43. The minimum Gasteiger partial charge on any atom is -0.428 e. The van der Waals surface area contributed by atoms with E-state index in [1.54, 1.807) is 0 Å². The fourth-order valence-electron chi connectivity index (χ4n) is 1.49. The maximum Gasteiger partial charge on any atom is 0.309 e. The van der Waals surface area contributed by atoms with Crippen molar-refractivity contribution in [2.24, 2.45) is 0 Å². The van der Waals surface area contributed by atoms with Crippen LogP contribution in [0.25, 0.3) is 0 Å². The molecule has 1 aromatic carbocycles. The van der Waals surface area contributed by atoms with Crippen molar-refractivity contribution >= 4 is 12.4 Å². The molecule has 2 atom stereocenters. The first-order valence-electron chi connectivity index (χ1n) is 5.47. The third kappa shape index (κ3) is 4.68. The molecule has 0 radical (unpaired) electrons. The second-order valence-electron chi connectivity index (χ2n) is 3.81. The third-order valence-electron chi connectivity index (χ3n) is 2.39. The standard InChI is InChI=1S/C13H16O4/c1-10(12-6-4-3-5-7-12)8-13(15)17-11(2)16-9-14/h3-7,9-11H,8H2,1-2H3. The van der Waals surface area contributed by atoms with Gasteiger partial charge in [-0.25, -0.2) is 0 Å². The Bertz CT molecular complexity index is 361. The van der Waals surface area contributed by atoms with Gasteiger partial charge in [0.1, 0.15) is 0 Å². The lowest BCUT2D eigenvalue weighted by molar-refractivity contribution is -0.176. The van der Waals surface area contributed by atoms with Gasteiger partial charge < -0.3 is 9.47 Å². The van der Waals surface area contributed by atoms with Gasteiger partial charge in [-0.15, -0.1) is 0 Å². The van der Waals surface area contributed by atoms with Crippen molar-refractivity contribution < 1.29 is 19.1 Å². The summed E-state index contributed by atoms with van der Waals surface area (Å²) in [6.07, 6.45) is -0.570. The van der Waals surface area contributed by atoms with Gasteiger partial charge in [-0.1, -0.05) is 37.3 Å². The van der Waals surface area contributed by atoms with Gasteiger partial charge in [0.05, 0.1) is 6.42 Å². The van der Waals surface area contributed by atoms with Gasteiger partial charge in [0.25, 0.3) is 6.47 Å². The van der Waals surface area contributed by atoms with E-state index in [1.807, 2.05) is 37.3 Å². The van der Waals surface area contributed by atoms with Crippen molar-refractivity contribution in [1.29, 1.82) is 0 Å². The van der Waals surface area contributed by atoms with Crippen LogP contribution in [0.15, 0.2) is 30.3 Å². The van der Waals surface area contributed by atoms with E-state index in [0.29, 0.717) is 0 Å². The predicted molar refractivity (Wildman–Crippen MR) is 62.2 cm³/mol. The topological polar surface area (TPSA) is 52.6 Å². The van der Waals surface area contributed by atoms with Gasteiger partial charge in [-0.3, -0.25) is 9.59 Å². The Morgan fingerprint density at radius 2 is 1.94 bits per heavy atom. The van der Waals surface area contributed by atoms with Crippen molar-refractivity contribution in [3.8, 4) is 0 Å². The summed E-state index contributed by atoms with van der Waals surface area (Å²) >= 11 is 0. The van der Waals surface area contributed by atoms with Crippen LogP contribution < -0.4 is 0 Å². The minimum absolute atomic E-state index is 0.0760. The summed E-state index contributed by atoms with van der Waals surface area (Å²) in [5.74, 6) is -0.303. The number of carbonyl (C=O) groups excluding carboxylic acids is 2. The maximum absolute atomic E-state index is 11.5. The van der Waals surface area contributed by atoms with E-state index in [0.717, 1.165) is 5.56 Å². The molecular formula is C13H16O4. The van der Waals surface area contributed by atoms with Crippen molar-refractivity contribution in [3.63, 3.8) is 0 Å². The molecule has 0 aromatic heterocycles. The zero-order valence-corrected chi connectivity index (χ0v) is 9.96. The molecule has 0 aliphatic rings. The molecule has 0 bridgehead atoms. The van der Waals surface area contributed by atoms with Crippen molar-refractivity contribution in [3.05, 3.63) is 35.9 Å². The Hall–Kier alpha value is -1.84. The normalized spacial score (nSPS) is 13.5. The molecule has 0 aliphatic carbocycles. The SMILES string of the molecule is CC(OC=O)OC(=O)CC(C)c1ccccc1. The van der Waals surface area contributed by atoms with E-state index < -0.39 is 6.29 Å². The highest BCUT2D eigenvalue weighted by Gasteiger charge is 2.14. The number of benzene rings is 1. The lowest BCUT2D eigenvalue weighted by atomic mass is 9.98. The van der Waals surface area contributed by atoms with Crippen LogP contribution in [0.4, 0.5) is 0 Å². The molecule has 0 spiro atoms. The molecule has 0 aliphatic heterocycles. The van der Waals surface area contributed by atoms with Gasteiger partial charge in [0.2, 0.25) is 6.29 Å². The van der Waals surface area contributed by atoms with Crippen LogP contribution in [-0.4, -0.2) is 18.7 Å². The molecule has 0 heterocycles. The van der Waals surface area contributed by atoms with Crippen LogP contribution in [0.2, 0.25) is 0 Å². The van der Waals surface area contributed by atoms with Gasteiger partial charge >= 0.3 is 5.97 Å². The molecule has 1 aromatic rings. The molecule has 17 heavy (non-hydrogen) atoms. The fraction of sp³-hybridized carbons (Fsp3) is 0.385. The lowest BCUT2D eigenvalue weighted by Crippen LogP contribution is -2.18. The van der Waals surface area contributed by atoms with E-state index in [1.165, 1.54) is 6.92 Å². The summed E-state index contributed by atoms with van der Waals surface area (Å²) in [5.41, 5.74) is 1.08. The summed E-state index contributed by atoms with van der Waals surface area (Å²) in [6, 6.07) is 9.70. The molecule has 0 fully saturated rings. The smallest absolute Gasteiger partial charge is 0.309 e. The maximum atomic E-state index is 11.5. The van der Waals surface area contributed by atoms with E-state index in [9.17, 15) is 9.59 Å². The minimum atomic E-state index is -0.831. The molecule has 92 valence electrons. The highest BCUT2D eigenvalue weighted by Crippen LogP contribution is 2.19. The van der Waals surface area contributed by atoms with Crippen molar-refractivity contribution in [1.82, 2.24) is 0 Å². The number of carbonyl (C=O) groups is 2. The number of esters is 1. The molecule has 4 nitrogen and oxygen atoms in total. The highest BCUT2D eigenvalue weighted by atomic mass is 16.7. The summed E-state index contributed by atoms with van der Waals surface area (Å²) in [5, 5.41) is 0. The van der Waals surface area contributed by atoms with E-state index >= 15 is 0 Å². The Morgan fingerprint density at radius 1 is 1.29 bits per heavy atom. The summed E-state index contributed by atoms with van der Waals surface area (Å²) in [6.45, 7) is 3.71. The monoisotopic (exact) mass is 236 g/mol. The van der Waals surface area contributed by atoms with Gasteiger partial charge in [0, 0.05) is 6.92 Å². The molecule has 1 rings (SSSR count). The van der Waals surface area contributed by atoms with Gasteiger partial charge in [-0.05, 0) is 11.5 Å². The molecule has 0 N–H and O–H groups in total. The summed E-state index contributed by atoms with van der Waals surface area (Å²) in [7, 11) is 0. The first-order valence-corrected chi connectivity index (χ1v) is 5.47. The van der Waals surface area contributed by atoms with Crippen LogP contribution in [0, 0.1) is 0 Å². The zero-order valence-electron chi connectivity index (χ0n) is 9.96. The lowest BCUT2D eigenvalue weighted by Gasteiger charge is -2.14. The first kappa shape index (κ1) is 13.2. The number of ether oxygens (including phenoxy) is 2. The number of hydrogen-bond acceptors (Lipinski definition) is 4. The van der Waals surface area contributed by atoms with E-state index in [4.69, 9.17) is 4.74 Å². The highest BCUT2D eigenvalue weighted by molar-refractivity contribution is 5.70. The molecule has 4 heteroatoms. The molecule has 2 unspecified atom stereocenters. The Kier molecular flexibility index (Phi) is 5.20. The number of rotatable bonds is 6. The van der Waals surface area contributed by atoms with E-state index in [2.05, 4.69) is 4.74 Å². The Labute approximate surface area is 101 Å². The first-order chi connectivity index (χ1) is 8.13. The Morgan fingerprint density at radius 3 is 2.53 bits per heavy atom. The summed E-state index contributed by atoms with van der Waals surface area (Å²) in [4.78, 5) is 21.5. The molecular weight excluding hydrogens is 220 g/mol. The fourth-order valence-corrected chi connectivity index (χ4v) is 1.49. The van der Waals surface area contributed by atoms with Crippen molar-refractivity contribution in [2.45, 2.75) is 32.5 Å². The zero-order chi connectivity index (χ0) is 12.7. The second kappa shape index (κ2) is 6.68. The van der Waals surface area contributed by atoms with Crippen LogP contribution in [0.1, 0.15) is 31.7 Å². The molecule has 0 amide bonds.